The molecular formula is C43H44Cl4N8O7. The van der Waals surface area contributed by atoms with Crippen molar-refractivity contribution in [3.63, 3.8) is 0 Å². The third-order valence-corrected chi connectivity index (χ3v) is 10.8. The van der Waals surface area contributed by atoms with Crippen molar-refractivity contribution in [1.29, 1.82) is 0 Å². The van der Waals surface area contributed by atoms with E-state index in [2.05, 4.69) is 31.3 Å². The van der Waals surface area contributed by atoms with E-state index in [0.717, 1.165) is 37.0 Å². The molecule has 1 aliphatic rings. The van der Waals surface area contributed by atoms with Gasteiger partial charge < -0.3 is 34.7 Å². The number of carbonyl (C=O) groups excluding carboxylic acids is 2. The van der Waals surface area contributed by atoms with Crippen molar-refractivity contribution in [3.05, 3.63) is 139 Å². The minimum atomic E-state index is -0.378. The molecule has 326 valence electrons. The Kier molecular flexibility index (Phi) is 16.9. The van der Waals surface area contributed by atoms with E-state index in [9.17, 15) is 9.59 Å². The number of carbonyl (C=O) groups is 2. The molecule has 1 unspecified atom stereocenters. The van der Waals surface area contributed by atoms with Gasteiger partial charge in [0.25, 0.3) is 11.8 Å². The van der Waals surface area contributed by atoms with Crippen LogP contribution in [-0.2, 0) is 22.6 Å². The fourth-order valence-electron chi connectivity index (χ4n) is 6.12. The maximum Gasteiger partial charge on any atom is 0.278 e. The van der Waals surface area contributed by atoms with Gasteiger partial charge in [-0.1, -0.05) is 81.1 Å². The molecule has 0 aliphatic carbocycles. The number of nitrogens with one attached hydrogen (secondary N) is 2. The minimum Gasteiger partial charge on any atom is -0.491 e. The van der Waals surface area contributed by atoms with Crippen molar-refractivity contribution in [1.82, 2.24) is 30.0 Å². The third-order valence-electron chi connectivity index (χ3n) is 9.37. The van der Waals surface area contributed by atoms with Crippen LogP contribution in [0, 0.1) is 13.8 Å². The van der Waals surface area contributed by atoms with Crippen LogP contribution in [0.15, 0.2) is 84.9 Å². The smallest absolute Gasteiger partial charge is 0.278 e. The second kappa shape index (κ2) is 22.7. The lowest BCUT2D eigenvalue weighted by molar-refractivity contribution is -0.165. The van der Waals surface area contributed by atoms with Crippen molar-refractivity contribution in [3.8, 4) is 11.5 Å². The van der Waals surface area contributed by atoms with E-state index < -0.39 is 0 Å². The Morgan fingerprint density at radius 1 is 0.694 bits per heavy atom. The molecule has 0 radical (unpaired) electrons. The molecule has 2 aromatic heterocycles. The Morgan fingerprint density at radius 2 is 1.21 bits per heavy atom. The number of hydrogen-bond donors (Lipinski definition) is 3. The van der Waals surface area contributed by atoms with E-state index in [1.165, 1.54) is 0 Å². The van der Waals surface area contributed by atoms with Crippen molar-refractivity contribution in [2.75, 3.05) is 43.7 Å². The van der Waals surface area contributed by atoms with Crippen molar-refractivity contribution < 1.29 is 33.6 Å². The van der Waals surface area contributed by atoms with Gasteiger partial charge in [-0.25, -0.2) is 9.36 Å². The molecule has 3 heterocycles. The lowest BCUT2D eigenvalue weighted by Gasteiger charge is -2.22. The predicted molar refractivity (Wildman–Crippen MR) is 237 cm³/mol. The highest BCUT2D eigenvalue weighted by Crippen LogP contribution is 2.25. The summed E-state index contributed by atoms with van der Waals surface area (Å²) >= 11 is 24.0. The Balaban J connectivity index is 0.000000211. The first-order valence-electron chi connectivity index (χ1n) is 19.6. The Labute approximate surface area is 378 Å². The molecule has 1 fully saturated rings. The summed E-state index contributed by atoms with van der Waals surface area (Å²) in [5, 5.41) is 32.6. The zero-order chi connectivity index (χ0) is 44.0. The molecule has 1 aliphatic heterocycles. The summed E-state index contributed by atoms with van der Waals surface area (Å²) in [6.07, 6.45) is 2.98. The number of anilines is 2. The number of aliphatic hydroxyl groups is 1. The van der Waals surface area contributed by atoms with Crippen molar-refractivity contribution in [2.24, 2.45) is 0 Å². The van der Waals surface area contributed by atoms with E-state index in [4.69, 9.17) is 70.5 Å². The van der Waals surface area contributed by atoms with E-state index in [1.54, 1.807) is 83.9 Å². The first-order chi connectivity index (χ1) is 30.0. The summed E-state index contributed by atoms with van der Waals surface area (Å²) in [6.45, 7) is 6.05. The molecule has 7 rings (SSSR count). The molecule has 62 heavy (non-hydrogen) atoms. The average Bonchev–Trinajstić information content (AvgIpc) is 3.82. The number of amides is 2. The fraction of sp³-hybridized carbons (Fsp3) is 0.302. The second-order valence-corrected chi connectivity index (χ2v) is 15.5. The summed E-state index contributed by atoms with van der Waals surface area (Å²) in [5.41, 5.74) is 4.67. The number of hydrogen-bond acceptors (Lipinski definition) is 11. The number of benzene rings is 4. The van der Waals surface area contributed by atoms with Gasteiger partial charge in [-0.2, -0.15) is 0 Å². The number of aliphatic hydroxyl groups excluding tert-OH is 1. The van der Waals surface area contributed by atoms with Crippen LogP contribution in [0.25, 0.3) is 0 Å². The van der Waals surface area contributed by atoms with E-state index in [1.807, 2.05) is 24.3 Å². The van der Waals surface area contributed by atoms with Crippen LogP contribution < -0.4 is 20.1 Å². The molecule has 0 saturated carbocycles. The molecule has 0 spiro atoms. The Morgan fingerprint density at radius 3 is 1.68 bits per heavy atom. The van der Waals surface area contributed by atoms with Gasteiger partial charge in [0.2, 0.25) is 0 Å². The average molecular weight is 927 g/mol. The summed E-state index contributed by atoms with van der Waals surface area (Å²) in [5.74, 6) is 0.447. The molecule has 0 bridgehead atoms. The fourth-order valence-corrected chi connectivity index (χ4v) is 6.76. The topological polar surface area (TPSA) is 177 Å². The first kappa shape index (κ1) is 46.2. The maximum atomic E-state index is 12.8. The molecular weight excluding hydrogens is 882 g/mol. The second-order valence-electron chi connectivity index (χ2n) is 13.9. The van der Waals surface area contributed by atoms with Crippen LogP contribution in [-0.4, -0.2) is 86.2 Å². The quantitative estimate of drug-likeness (QED) is 0.0792. The van der Waals surface area contributed by atoms with Crippen LogP contribution in [0.5, 0.6) is 11.5 Å². The molecule has 19 heteroatoms. The highest BCUT2D eigenvalue weighted by atomic mass is 35.5. The zero-order valence-corrected chi connectivity index (χ0v) is 36.8. The molecule has 15 nitrogen and oxygen atoms in total. The normalized spacial score (nSPS) is 13.5. The lowest BCUT2D eigenvalue weighted by atomic mass is 10.2. The predicted octanol–water partition coefficient (Wildman–Crippen LogP) is 8.68. The molecule has 1 atom stereocenters. The molecule has 1 saturated heterocycles. The van der Waals surface area contributed by atoms with Crippen LogP contribution >= 0.6 is 46.4 Å². The van der Waals surface area contributed by atoms with Gasteiger partial charge in [-0.05, 0) is 92.8 Å². The van der Waals surface area contributed by atoms with Gasteiger partial charge in [0, 0.05) is 30.1 Å². The van der Waals surface area contributed by atoms with E-state index >= 15 is 0 Å². The first-order valence-corrected chi connectivity index (χ1v) is 21.1. The van der Waals surface area contributed by atoms with Gasteiger partial charge in [-0.3, -0.25) is 9.59 Å². The zero-order valence-electron chi connectivity index (χ0n) is 33.8. The third kappa shape index (κ3) is 13.1. The van der Waals surface area contributed by atoms with Crippen molar-refractivity contribution in [2.45, 2.75) is 52.5 Å². The Bertz CT molecular complexity index is 2460. The number of aromatic nitrogens is 6. The molecule has 4 aromatic carbocycles. The summed E-state index contributed by atoms with van der Waals surface area (Å²) in [4.78, 5) is 25.4. The summed E-state index contributed by atoms with van der Waals surface area (Å²) in [7, 11) is 0. The number of ether oxygens (including phenoxy) is 4. The number of rotatable bonds is 16. The van der Waals surface area contributed by atoms with Crippen LogP contribution in [0.4, 0.5) is 11.4 Å². The number of halogens is 4. The van der Waals surface area contributed by atoms with Crippen molar-refractivity contribution >= 4 is 69.6 Å². The van der Waals surface area contributed by atoms with Crippen LogP contribution in [0.3, 0.4) is 0 Å². The van der Waals surface area contributed by atoms with E-state index in [-0.39, 0.29) is 42.7 Å². The monoisotopic (exact) mass is 924 g/mol. The molecule has 6 aromatic rings. The summed E-state index contributed by atoms with van der Waals surface area (Å²) in [6, 6.07) is 24.7. The van der Waals surface area contributed by atoms with Gasteiger partial charge >= 0.3 is 0 Å². The van der Waals surface area contributed by atoms with Gasteiger partial charge in [0.05, 0.1) is 57.8 Å². The van der Waals surface area contributed by atoms with Gasteiger partial charge in [-0.15, -0.1) is 10.2 Å². The van der Waals surface area contributed by atoms with Crippen LogP contribution in [0.1, 0.15) is 62.8 Å². The maximum absolute atomic E-state index is 12.8. The van der Waals surface area contributed by atoms with Crippen LogP contribution in [0.2, 0.25) is 20.1 Å². The largest absolute Gasteiger partial charge is 0.491 e. The lowest BCUT2D eigenvalue weighted by Crippen LogP contribution is -2.24. The molecule has 2 amide bonds. The highest BCUT2D eigenvalue weighted by molar-refractivity contribution is 6.42. The number of nitrogens with zero attached hydrogens (tertiary/aromatic N) is 6. The highest BCUT2D eigenvalue weighted by Gasteiger charge is 2.19. The standard InChI is InChI=1S/C24H26Cl2N4O4.C19H18Cl2N4O3/c1-16-23(28-29-30(16)15-17-8-9-20(25)21(26)13-17)24(31)27-18-5-4-6-19(14-18)32-11-12-34-22-7-2-3-10-33-22;1-12-18(19(27)22-14-3-2-4-15(10-14)28-8-7-26)23-24-25(12)11-13-5-6-16(20)17(21)9-13/h4-6,8-9,13-14,22H,2-3,7,10-12,15H2,1H3,(H,27,31);2-6,9-10,26H,7-8,11H2,1H3,(H,22,27). The SMILES string of the molecule is Cc1c(C(=O)Nc2cccc(OCCO)c2)nnn1Cc1ccc(Cl)c(Cl)c1.Cc1c(C(=O)Nc2cccc(OCCOC3CCCCO3)c2)nnn1Cc1ccc(Cl)c(Cl)c1. The van der Waals surface area contributed by atoms with E-state index in [0.29, 0.717) is 80.7 Å². The minimum absolute atomic E-state index is 0.0856. The summed E-state index contributed by atoms with van der Waals surface area (Å²) < 4.78 is 25.6. The van der Waals surface area contributed by atoms with Gasteiger partial charge in [0.1, 0.15) is 24.7 Å². The van der Waals surface area contributed by atoms with Gasteiger partial charge in [0.15, 0.2) is 17.7 Å². The molecule has 3 N–H and O–H groups in total. The Hall–Kier alpha value is -5.26.